The molecule has 1 aliphatic heterocycles. The van der Waals surface area contributed by atoms with Crippen LogP contribution in [0.5, 0.6) is 0 Å². The Bertz CT molecular complexity index is 735. The molecule has 0 bridgehead atoms. The Kier molecular flexibility index (Phi) is 8.31. The van der Waals surface area contributed by atoms with Crippen molar-refractivity contribution in [1.82, 2.24) is 10.2 Å². The highest BCUT2D eigenvalue weighted by Crippen LogP contribution is 2.36. The fraction of sp³-hybridized carbons (Fsp3) is 0.696. The van der Waals surface area contributed by atoms with Crippen LogP contribution in [0.15, 0.2) is 12.1 Å². The van der Waals surface area contributed by atoms with E-state index in [2.05, 4.69) is 28.1 Å². The summed E-state index contributed by atoms with van der Waals surface area (Å²) in [6.07, 6.45) is 4.62. The summed E-state index contributed by atoms with van der Waals surface area (Å²) >= 11 is 12.9. The summed E-state index contributed by atoms with van der Waals surface area (Å²) in [6, 6.07) is 4.74. The van der Waals surface area contributed by atoms with E-state index in [1.54, 1.807) is 0 Å². The van der Waals surface area contributed by atoms with Gasteiger partial charge in [-0.3, -0.25) is 9.69 Å². The Morgan fingerprint density at radius 3 is 2.53 bits per heavy atom. The van der Waals surface area contributed by atoms with Crippen molar-refractivity contribution in [3.8, 4) is 0 Å². The van der Waals surface area contributed by atoms with Gasteiger partial charge in [-0.15, -0.1) is 0 Å². The topological polar surface area (TPSA) is 55.8 Å². The molecule has 0 unspecified atom stereocenters. The van der Waals surface area contributed by atoms with Gasteiger partial charge in [-0.05, 0) is 77.0 Å². The number of hydrogen-bond acceptors (Lipinski definition) is 4. The summed E-state index contributed by atoms with van der Waals surface area (Å²) < 4.78 is 0. The molecule has 1 aromatic carbocycles. The Morgan fingerprint density at radius 1 is 1.20 bits per heavy atom. The van der Waals surface area contributed by atoms with Gasteiger partial charge in [0.1, 0.15) is 6.10 Å². The van der Waals surface area contributed by atoms with Crippen LogP contribution in [-0.2, 0) is 4.79 Å². The number of nitrogens with one attached hydrogen (secondary N) is 1. The largest absolute Gasteiger partial charge is 0.384 e. The number of aliphatic hydroxyl groups excluding tert-OH is 1. The molecule has 2 atom stereocenters. The van der Waals surface area contributed by atoms with Gasteiger partial charge in [0, 0.05) is 31.7 Å². The Morgan fingerprint density at radius 2 is 1.90 bits per heavy atom. The average Bonchev–Trinajstić information content (AvgIpc) is 2.72. The summed E-state index contributed by atoms with van der Waals surface area (Å²) in [5.41, 5.74) is 2.05. The van der Waals surface area contributed by atoms with Crippen LogP contribution in [0.1, 0.15) is 51.5 Å². The van der Waals surface area contributed by atoms with E-state index in [9.17, 15) is 9.90 Å². The van der Waals surface area contributed by atoms with E-state index in [1.165, 1.54) is 13.3 Å². The minimum absolute atomic E-state index is 0.220. The van der Waals surface area contributed by atoms with Crippen LogP contribution in [0.2, 0.25) is 10.0 Å². The minimum atomic E-state index is -0.922. The maximum Gasteiger partial charge on any atom is 0.248 e. The number of aliphatic hydroxyl groups is 1. The fourth-order valence-corrected chi connectivity index (χ4v) is 5.21. The van der Waals surface area contributed by atoms with Gasteiger partial charge in [0.2, 0.25) is 5.91 Å². The molecule has 1 aromatic rings. The molecule has 30 heavy (non-hydrogen) atoms. The zero-order valence-electron chi connectivity index (χ0n) is 18.3. The van der Waals surface area contributed by atoms with Crippen molar-refractivity contribution >= 4 is 34.8 Å². The second kappa shape index (κ2) is 10.5. The minimum Gasteiger partial charge on any atom is -0.384 e. The monoisotopic (exact) mass is 455 g/mol. The van der Waals surface area contributed by atoms with Gasteiger partial charge in [0.25, 0.3) is 0 Å². The maximum atomic E-state index is 11.7. The number of carbonyl (C=O) groups excluding carboxylic acids is 1. The van der Waals surface area contributed by atoms with Crippen molar-refractivity contribution in [3.63, 3.8) is 0 Å². The average molecular weight is 456 g/mol. The Labute approximate surface area is 190 Å². The standard InChI is InChI=1S/C23H35Cl2N3O2/c1-15-4-9-20(22(25)21(15)24)28-13-12-27(14-16(28)2)11-10-18-5-7-19(8-6-18)26-23(30)17(3)29/h4,9,16-19,29H,5-8,10-14H2,1-3H3,(H,26,30)/t16-,17+,18?,19?/m1/s1. The van der Waals surface area contributed by atoms with Crippen molar-refractivity contribution in [3.05, 3.63) is 27.7 Å². The molecule has 1 saturated carbocycles. The van der Waals surface area contributed by atoms with E-state index < -0.39 is 6.10 Å². The molecule has 3 rings (SSSR count). The number of nitrogens with zero attached hydrogens (tertiary/aromatic N) is 2. The third kappa shape index (κ3) is 5.82. The predicted molar refractivity (Wildman–Crippen MR) is 125 cm³/mol. The Balaban J connectivity index is 1.43. The van der Waals surface area contributed by atoms with Gasteiger partial charge in [-0.2, -0.15) is 0 Å². The molecule has 0 aromatic heterocycles. The van der Waals surface area contributed by atoms with Gasteiger partial charge in [0.05, 0.1) is 15.7 Å². The molecule has 5 nitrogen and oxygen atoms in total. The predicted octanol–water partition coefficient (Wildman–Crippen LogP) is 4.26. The van der Waals surface area contributed by atoms with E-state index in [1.807, 2.05) is 13.0 Å². The van der Waals surface area contributed by atoms with E-state index in [-0.39, 0.29) is 11.9 Å². The molecule has 2 fully saturated rings. The second-order valence-electron chi connectivity index (χ2n) is 9.06. The number of anilines is 1. The lowest BCUT2D eigenvalue weighted by Gasteiger charge is -2.42. The lowest BCUT2D eigenvalue weighted by Crippen LogP contribution is -2.52. The number of benzene rings is 1. The molecule has 1 heterocycles. The molecule has 1 amide bonds. The highest BCUT2D eigenvalue weighted by Gasteiger charge is 2.28. The summed E-state index contributed by atoms with van der Waals surface area (Å²) in [6.45, 7) is 9.89. The first kappa shape index (κ1) is 23.6. The number of hydrogen-bond donors (Lipinski definition) is 2. The van der Waals surface area contributed by atoms with Gasteiger partial charge in [-0.25, -0.2) is 0 Å². The third-order valence-electron chi connectivity index (χ3n) is 6.70. The number of halogens is 2. The van der Waals surface area contributed by atoms with Crippen molar-refractivity contribution in [1.29, 1.82) is 0 Å². The van der Waals surface area contributed by atoms with E-state index in [4.69, 9.17) is 23.2 Å². The van der Waals surface area contributed by atoms with Crippen LogP contribution in [0.25, 0.3) is 0 Å². The van der Waals surface area contributed by atoms with E-state index >= 15 is 0 Å². The molecule has 168 valence electrons. The van der Waals surface area contributed by atoms with Crippen LogP contribution in [0, 0.1) is 12.8 Å². The SMILES string of the molecule is Cc1ccc(N2CCN(CCC3CCC(NC(=O)[C@H](C)O)CC3)C[C@H]2C)c(Cl)c1Cl. The quantitative estimate of drug-likeness (QED) is 0.672. The van der Waals surface area contributed by atoms with Crippen LogP contribution < -0.4 is 10.2 Å². The first-order valence-electron chi connectivity index (χ1n) is 11.2. The molecule has 1 aliphatic carbocycles. The van der Waals surface area contributed by atoms with Crippen molar-refractivity contribution in [2.24, 2.45) is 5.92 Å². The number of piperazine rings is 1. The lowest BCUT2D eigenvalue weighted by molar-refractivity contribution is -0.129. The lowest BCUT2D eigenvalue weighted by atomic mass is 9.84. The highest BCUT2D eigenvalue weighted by molar-refractivity contribution is 6.44. The molecule has 0 spiro atoms. The van der Waals surface area contributed by atoms with Crippen molar-refractivity contribution in [2.75, 3.05) is 31.1 Å². The molecule has 7 heteroatoms. The van der Waals surface area contributed by atoms with Gasteiger partial charge < -0.3 is 15.3 Å². The van der Waals surface area contributed by atoms with Crippen LogP contribution >= 0.6 is 23.2 Å². The summed E-state index contributed by atoms with van der Waals surface area (Å²) in [7, 11) is 0. The summed E-state index contributed by atoms with van der Waals surface area (Å²) in [5, 5.41) is 13.6. The van der Waals surface area contributed by atoms with Crippen LogP contribution in [-0.4, -0.2) is 60.3 Å². The number of amides is 1. The zero-order valence-corrected chi connectivity index (χ0v) is 19.8. The second-order valence-corrected chi connectivity index (χ2v) is 9.82. The number of rotatable bonds is 6. The van der Waals surface area contributed by atoms with Gasteiger partial charge >= 0.3 is 0 Å². The fourth-order valence-electron chi connectivity index (χ4n) is 4.73. The molecular formula is C23H35Cl2N3O2. The van der Waals surface area contributed by atoms with Gasteiger partial charge in [-0.1, -0.05) is 29.3 Å². The van der Waals surface area contributed by atoms with Crippen molar-refractivity contribution in [2.45, 2.75) is 71.1 Å². The normalized spacial score (nSPS) is 26.5. The zero-order chi connectivity index (χ0) is 21.8. The summed E-state index contributed by atoms with van der Waals surface area (Å²) in [5.74, 6) is 0.476. The number of aryl methyl sites for hydroxylation is 1. The first-order chi connectivity index (χ1) is 14.3. The molecule has 1 saturated heterocycles. The smallest absolute Gasteiger partial charge is 0.248 e. The molecule has 2 N–H and O–H groups in total. The maximum absolute atomic E-state index is 11.7. The number of carbonyl (C=O) groups is 1. The summed E-state index contributed by atoms with van der Waals surface area (Å²) in [4.78, 5) is 16.6. The molecule has 2 aliphatic rings. The highest BCUT2D eigenvalue weighted by atomic mass is 35.5. The van der Waals surface area contributed by atoms with Crippen molar-refractivity contribution < 1.29 is 9.90 Å². The van der Waals surface area contributed by atoms with Gasteiger partial charge in [0.15, 0.2) is 0 Å². The first-order valence-corrected chi connectivity index (χ1v) is 11.9. The molecular weight excluding hydrogens is 421 g/mol. The van der Waals surface area contributed by atoms with E-state index in [0.717, 1.165) is 69.0 Å². The third-order valence-corrected chi connectivity index (χ3v) is 7.67. The van der Waals surface area contributed by atoms with Crippen LogP contribution in [0.4, 0.5) is 5.69 Å². The van der Waals surface area contributed by atoms with Crippen LogP contribution in [0.3, 0.4) is 0 Å². The Hall–Kier alpha value is -1.01. The van der Waals surface area contributed by atoms with E-state index in [0.29, 0.717) is 16.1 Å². The molecule has 0 radical (unpaired) electrons.